The lowest BCUT2D eigenvalue weighted by Crippen LogP contribution is -2.30. The topological polar surface area (TPSA) is 32.3 Å². The normalized spacial score (nSPS) is 18.6. The molecule has 0 spiro atoms. The highest BCUT2D eigenvalue weighted by Gasteiger charge is 2.10. The van der Waals surface area contributed by atoms with Crippen LogP contribution in [0.3, 0.4) is 0 Å². The van der Waals surface area contributed by atoms with E-state index in [0.29, 0.717) is 6.54 Å². The number of carbonyl (C=O) groups excluding carboxylic acids is 1. The molecule has 1 rings (SSSR count). The standard InChI is InChI=1S/C7H13ClN2O/c8-7(11)9-3-6-10-4-1-2-5-10/h1-6H2,(H,9,11). The monoisotopic (exact) mass is 176 g/mol. The molecule has 0 atom stereocenters. The number of hydrogen-bond acceptors (Lipinski definition) is 2. The zero-order valence-corrected chi connectivity index (χ0v) is 7.23. The molecule has 3 nitrogen and oxygen atoms in total. The summed E-state index contributed by atoms with van der Waals surface area (Å²) in [6.45, 7) is 3.93. The van der Waals surface area contributed by atoms with Gasteiger partial charge in [-0.2, -0.15) is 0 Å². The molecular weight excluding hydrogens is 164 g/mol. The van der Waals surface area contributed by atoms with Crippen molar-refractivity contribution in [1.29, 1.82) is 0 Å². The highest BCUT2D eigenvalue weighted by Crippen LogP contribution is 2.05. The second-order valence-electron chi connectivity index (χ2n) is 2.75. The van der Waals surface area contributed by atoms with E-state index in [1.807, 2.05) is 0 Å². The summed E-state index contributed by atoms with van der Waals surface area (Å²) >= 11 is 5.09. The van der Waals surface area contributed by atoms with Gasteiger partial charge >= 0.3 is 5.37 Å². The summed E-state index contributed by atoms with van der Waals surface area (Å²) in [5.41, 5.74) is 0. The van der Waals surface area contributed by atoms with Gasteiger partial charge in [-0.15, -0.1) is 0 Å². The van der Waals surface area contributed by atoms with Gasteiger partial charge in [0.05, 0.1) is 0 Å². The molecule has 1 N–H and O–H groups in total. The van der Waals surface area contributed by atoms with Crippen molar-refractivity contribution in [1.82, 2.24) is 10.2 Å². The number of likely N-dealkylation sites (tertiary alicyclic amines) is 1. The summed E-state index contributed by atoms with van der Waals surface area (Å²) in [4.78, 5) is 12.6. The van der Waals surface area contributed by atoms with Crippen LogP contribution in [0, 0.1) is 0 Å². The van der Waals surface area contributed by atoms with E-state index in [9.17, 15) is 4.79 Å². The Morgan fingerprint density at radius 3 is 2.64 bits per heavy atom. The minimum Gasteiger partial charge on any atom is -0.341 e. The maximum absolute atomic E-state index is 10.3. The molecule has 1 aliphatic rings. The zero-order chi connectivity index (χ0) is 8.10. The van der Waals surface area contributed by atoms with Gasteiger partial charge in [-0.3, -0.25) is 4.79 Å². The summed E-state index contributed by atoms with van der Waals surface area (Å²) in [5, 5.41) is 2.10. The molecule has 0 radical (unpaired) electrons. The highest BCUT2D eigenvalue weighted by atomic mass is 35.5. The fraction of sp³-hybridized carbons (Fsp3) is 0.857. The summed E-state index contributed by atoms with van der Waals surface area (Å²) in [7, 11) is 0. The first-order chi connectivity index (χ1) is 5.29. The largest absolute Gasteiger partial charge is 0.341 e. The van der Waals surface area contributed by atoms with Crippen LogP contribution in [-0.4, -0.2) is 36.4 Å². The first-order valence-electron chi connectivity index (χ1n) is 3.95. The lowest BCUT2D eigenvalue weighted by molar-refractivity contribution is 0.257. The Hall–Kier alpha value is -0.280. The Morgan fingerprint density at radius 1 is 1.45 bits per heavy atom. The fourth-order valence-corrected chi connectivity index (χ4v) is 1.41. The summed E-state index contributed by atoms with van der Waals surface area (Å²) in [5.74, 6) is 0. The van der Waals surface area contributed by atoms with Crippen molar-refractivity contribution in [3.05, 3.63) is 0 Å². The second-order valence-corrected chi connectivity index (χ2v) is 3.09. The lowest BCUT2D eigenvalue weighted by atomic mass is 10.4. The van der Waals surface area contributed by atoms with Crippen LogP contribution in [0.25, 0.3) is 0 Å². The molecule has 1 heterocycles. The molecule has 1 fully saturated rings. The molecule has 0 aromatic heterocycles. The summed E-state index contributed by atoms with van der Waals surface area (Å²) < 4.78 is 0. The predicted octanol–water partition coefficient (Wildman–Crippen LogP) is 1.03. The molecule has 1 amide bonds. The van der Waals surface area contributed by atoms with Crippen molar-refractivity contribution in [2.45, 2.75) is 12.8 Å². The van der Waals surface area contributed by atoms with Gasteiger partial charge in [0.15, 0.2) is 0 Å². The average Bonchev–Trinajstić information content (AvgIpc) is 2.39. The molecule has 0 saturated carbocycles. The van der Waals surface area contributed by atoms with Crippen molar-refractivity contribution < 1.29 is 4.79 Å². The van der Waals surface area contributed by atoms with Crippen molar-refractivity contribution in [2.24, 2.45) is 0 Å². The molecule has 1 aliphatic heterocycles. The molecule has 4 heteroatoms. The van der Waals surface area contributed by atoms with Gasteiger partial charge in [0.1, 0.15) is 0 Å². The smallest absolute Gasteiger partial charge is 0.313 e. The van der Waals surface area contributed by atoms with Crippen molar-refractivity contribution in [2.75, 3.05) is 26.2 Å². The summed E-state index contributed by atoms with van der Waals surface area (Å²) in [6, 6.07) is 0. The minimum atomic E-state index is -0.454. The summed E-state index contributed by atoms with van der Waals surface area (Å²) in [6.07, 6.45) is 2.57. The first kappa shape index (κ1) is 8.81. The third-order valence-corrected chi connectivity index (χ3v) is 2.02. The Labute approximate surface area is 71.7 Å². The first-order valence-corrected chi connectivity index (χ1v) is 4.32. The van der Waals surface area contributed by atoms with Crippen LogP contribution in [0.15, 0.2) is 0 Å². The van der Waals surface area contributed by atoms with Gasteiger partial charge in [-0.05, 0) is 37.5 Å². The van der Waals surface area contributed by atoms with Crippen LogP contribution >= 0.6 is 11.6 Å². The highest BCUT2D eigenvalue weighted by molar-refractivity contribution is 6.62. The Kier molecular flexibility index (Phi) is 3.66. The minimum absolute atomic E-state index is 0.454. The van der Waals surface area contributed by atoms with Gasteiger partial charge in [0.25, 0.3) is 0 Å². The van der Waals surface area contributed by atoms with E-state index in [-0.39, 0.29) is 0 Å². The van der Waals surface area contributed by atoms with E-state index < -0.39 is 5.37 Å². The number of nitrogens with zero attached hydrogens (tertiary/aromatic N) is 1. The molecule has 0 unspecified atom stereocenters. The van der Waals surface area contributed by atoms with Crippen molar-refractivity contribution in [3.63, 3.8) is 0 Å². The van der Waals surface area contributed by atoms with Crippen LogP contribution in [0.2, 0.25) is 0 Å². The maximum atomic E-state index is 10.3. The van der Waals surface area contributed by atoms with Gasteiger partial charge in [0, 0.05) is 13.1 Å². The number of amides is 1. The van der Waals surface area contributed by atoms with Gasteiger partial charge in [-0.1, -0.05) is 0 Å². The Balaban J connectivity index is 1.98. The zero-order valence-electron chi connectivity index (χ0n) is 6.48. The molecule has 0 aromatic carbocycles. The van der Waals surface area contributed by atoms with Crippen molar-refractivity contribution in [3.8, 4) is 0 Å². The van der Waals surface area contributed by atoms with Gasteiger partial charge in [0.2, 0.25) is 0 Å². The van der Waals surface area contributed by atoms with Crippen LogP contribution in [0.1, 0.15) is 12.8 Å². The Morgan fingerprint density at radius 2 is 2.09 bits per heavy atom. The third-order valence-electron chi connectivity index (χ3n) is 1.89. The van der Waals surface area contributed by atoms with Crippen molar-refractivity contribution >= 4 is 17.0 Å². The number of carbonyl (C=O) groups is 1. The van der Waals surface area contributed by atoms with E-state index in [2.05, 4.69) is 10.2 Å². The predicted molar refractivity (Wildman–Crippen MR) is 44.9 cm³/mol. The number of hydrogen-bond donors (Lipinski definition) is 1. The van der Waals surface area contributed by atoms with E-state index in [1.54, 1.807) is 0 Å². The number of nitrogens with one attached hydrogen (secondary N) is 1. The maximum Gasteiger partial charge on any atom is 0.313 e. The van der Waals surface area contributed by atoms with Crippen LogP contribution in [0.4, 0.5) is 4.79 Å². The van der Waals surface area contributed by atoms with Crippen LogP contribution in [0.5, 0.6) is 0 Å². The number of halogens is 1. The Bertz CT molecular complexity index is 134. The average molecular weight is 177 g/mol. The van der Waals surface area contributed by atoms with Crippen LogP contribution in [-0.2, 0) is 0 Å². The molecule has 11 heavy (non-hydrogen) atoms. The second kappa shape index (κ2) is 4.57. The fourth-order valence-electron chi connectivity index (χ4n) is 1.32. The molecule has 64 valence electrons. The van der Waals surface area contributed by atoms with Gasteiger partial charge < -0.3 is 10.2 Å². The molecule has 0 aromatic rings. The van der Waals surface area contributed by atoms with E-state index in [4.69, 9.17) is 11.6 Å². The molecule has 1 saturated heterocycles. The van der Waals surface area contributed by atoms with E-state index in [0.717, 1.165) is 19.6 Å². The van der Waals surface area contributed by atoms with Crippen LogP contribution < -0.4 is 5.32 Å². The molecule has 0 bridgehead atoms. The van der Waals surface area contributed by atoms with Gasteiger partial charge in [-0.25, -0.2) is 0 Å². The molecule has 0 aliphatic carbocycles. The SMILES string of the molecule is O=C(Cl)NCCN1CCCC1. The number of rotatable bonds is 3. The van der Waals surface area contributed by atoms with E-state index in [1.165, 1.54) is 12.8 Å². The quantitative estimate of drug-likeness (QED) is 0.515. The third kappa shape index (κ3) is 3.58. The molecular formula is C7H13ClN2O. The van der Waals surface area contributed by atoms with E-state index >= 15 is 0 Å². The lowest BCUT2D eigenvalue weighted by Gasteiger charge is -2.13.